The molecule has 3 rings (SSSR count). The Balaban J connectivity index is 1.70. The van der Waals surface area contributed by atoms with Crippen LogP contribution in [0, 0.1) is 14.9 Å². The lowest BCUT2D eigenvalue weighted by Gasteiger charge is -2.09. The maximum atomic E-state index is 12.4. The van der Waals surface area contributed by atoms with Gasteiger partial charge in [-0.15, -0.1) is 0 Å². The molecule has 3 aromatic carbocycles. The molecule has 0 unspecified atom stereocenters. The summed E-state index contributed by atoms with van der Waals surface area (Å²) < 4.78 is 7.79. The van der Waals surface area contributed by atoms with Crippen LogP contribution >= 0.6 is 50.1 Å². The molecule has 0 aliphatic heterocycles. The molecule has 0 fully saturated rings. The molecule has 150 valence electrons. The fraction of sp³-hybridized carbons (Fsp3) is 0.0435. The molecular formula is C23H15BrClIN2O2. The molecule has 0 aliphatic rings. The first-order valence-electron chi connectivity index (χ1n) is 8.80. The van der Waals surface area contributed by atoms with Gasteiger partial charge in [-0.05, 0) is 82.3 Å². The summed E-state index contributed by atoms with van der Waals surface area (Å²) in [5, 5.41) is 12.6. The van der Waals surface area contributed by atoms with Gasteiger partial charge in [0.15, 0.2) is 0 Å². The first kappa shape index (κ1) is 22.3. The second kappa shape index (κ2) is 10.6. The minimum atomic E-state index is -0.495. The summed E-state index contributed by atoms with van der Waals surface area (Å²) in [6, 6.07) is 22.1. The Labute approximate surface area is 201 Å². The lowest BCUT2D eigenvalue weighted by molar-refractivity contribution is -0.112. The van der Waals surface area contributed by atoms with Crippen molar-refractivity contribution in [3.8, 4) is 11.8 Å². The average Bonchev–Trinajstić information content (AvgIpc) is 2.72. The summed E-state index contributed by atoms with van der Waals surface area (Å²) in [4.78, 5) is 12.4. The van der Waals surface area contributed by atoms with Gasteiger partial charge in [-0.1, -0.05) is 51.8 Å². The van der Waals surface area contributed by atoms with Crippen LogP contribution in [0.4, 0.5) is 5.69 Å². The minimum Gasteiger partial charge on any atom is -0.488 e. The van der Waals surface area contributed by atoms with Crippen LogP contribution in [0.15, 0.2) is 76.8 Å². The standard InChI is InChI=1S/C23H15BrClIN2O2/c24-18-7-4-15(5-8-18)14-30-22-9-6-16(11-21(22)26)10-17(13-27)23(29)28-20-3-1-2-19(25)12-20/h1-12H,14H2,(H,28,29)/b17-10+. The zero-order valence-corrected chi connectivity index (χ0v) is 20.0. The summed E-state index contributed by atoms with van der Waals surface area (Å²) in [6.07, 6.45) is 1.54. The van der Waals surface area contributed by atoms with E-state index in [0.29, 0.717) is 17.3 Å². The normalized spacial score (nSPS) is 10.9. The molecule has 0 atom stereocenters. The molecule has 1 N–H and O–H groups in total. The number of halogens is 3. The number of carbonyl (C=O) groups is 1. The minimum absolute atomic E-state index is 0.00527. The van der Waals surface area contributed by atoms with Gasteiger partial charge in [0.25, 0.3) is 5.91 Å². The van der Waals surface area contributed by atoms with Crippen molar-refractivity contribution in [1.29, 1.82) is 5.26 Å². The van der Waals surface area contributed by atoms with Crippen molar-refractivity contribution < 1.29 is 9.53 Å². The highest BCUT2D eigenvalue weighted by atomic mass is 127. The Morgan fingerprint density at radius 3 is 2.60 bits per heavy atom. The van der Waals surface area contributed by atoms with E-state index < -0.39 is 5.91 Å². The number of anilines is 1. The van der Waals surface area contributed by atoms with Gasteiger partial charge < -0.3 is 10.1 Å². The monoisotopic (exact) mass is 592 g/mol. The van der Waals surface area contributed by atoms with Crippen LogP contribution in [0.5, 0.6) is 5.75 Å². The van der Waals surface area contributed by atoms with Crippen molar-refractivity contribution in [2.75, 3.05) is 5.32 Å². The van der Waals surface area contributed by atoms with E-state index in [2.05, 4.69) is 43.8 Å². The molecule has 4 nitrogen and oxygen atoms in total. The number of amides is 1. The van der Waals surface area contributed by atoms with Gasteiger partial charge in [0.2, 0.25) is 0 Å². The maximum Gasteiger partial charge on any atom is 0.266 e. The second-order valence-electron chi connectivity index (χ2n) is 6.24. The van der Waals surface area contributed by atoms with Crippen molar-refractivity contribution in [3.63, 3.8) is 0 Å². The first-order chi connectivity index (χ1) is 14.4. The number of rotatable bonds is 6. The van der Waals surface area contributed by atoms with E-state index in [0.717, 1.165) is 24.9 Å². The molecule has 0 radical (unpaired) electrons. The van der Waals surface area contributed by atoms with Crippen LogP contribution in [0.2, 0.25) is 5.02 Å². The van der Waals surface area contributed by atoms with Gasteiger partial charge >= 0.3 is 0 Å². The third kappa shape index (κ3) is 6.33. The molecule has 0 bridgehead atoms. The molecule has 0 spiro atoms. The predicted octanol–water partition coefficient (Wildman–Crippen LogP) is 6.83. The van der Waals surface area contributed by atoms with Gasteiger partial charge in [0.05, 0.1) is 3.57 Å². The second-order valence-corrected chi connectivity index (χ2v) is 8.75. The number of hydrogen-bond acceptors (Lipinski definition) is 3. The molecule has 0 aromatic heterocycles. The molecule has 1 amide bonds. The van der Waals surface area contributed by atoms with E-state index in [4.69, 9.17) is 16.3 Å². The number of benzene rings is 3. The molecule has 7 heteroatoms. The van der Waals surface area contributed by atoms with Gasteiger partial charge in [-0.2, -0.15) is 5.26 Å². The van der Waals surface area contributed by atoms with E-state index in [-0.39, 0.29) is 5.57 Å². The van der Waals surface area contributed by atoms with Crippen molar-refractivity contribution >= 4 is 67.8 Å². The van der Waals surface area contributed by atoms with Crippen molar-refractivity contribution in [1.82, 2.24) is 0 Å². The zero-order valence-electron chi connectivity index (χ0n) is 15.5. The van der Waals surface area contributed by atoms with Gasteiger partial charge in [0, 0.05) is 15.2 Å². The average molecular weight is 594 g/mol. The van der Waals surface area contributed by atoms with E-state index in [9.17, 15) is 10.1 Å². The summed E-state index contributed by atoms with van der Waals surface area (Å²) in [5.41, 5.74) is 2.31. The Morgan fingerprint density at radius 1 is 1.17 bits per heavy atom. The Kier molecular flexibility index (Phi) is 7.91. The van der Waals surface area contributed by atoms with Crippen LogP contribution in [-0.4, -0.2) is 5.91 Å². The smallest absolute Gasteiger partial charge is 0.266 e. The first-order valence-corrected chi connectivity index (χ1v) is 11.0. The Hall–Kier alpha value is -2.34. The number of nitriles is 1. The van der Waals surface area contributed by atoms with Crippen molar-refractivity contribution in [2.45, 2.75) is 6.61 Å². The number of nitrogens with one attached hydrogen (secondary N) is 1. The van der Waals surface area contributed by atoms with Gasteiger partial charge in [-0.25, -0.2) is 0 Å². The highest BCUT2D eigenvalue weighted by Gasteiger charge is 2.11. The number of hydrogen-bond donors (Lipinski definition) is 1. The number of ether oxygens (including phenoxy) is 1. The maximum absolute atomic E-state index is 12.4. The molecule has 3 aromatic rings. The summed E-state index contributed by atoms with van der Waals surface area (Å²) >= 11 is 11.5. The van der Waals surface area contributed by atoms with E-state index in [1.807, 2.05) is 48.5 Å². The SMILES string of the molecule is N#C/C(=C\c1ccc(OCc2ccc(Br)cc2)c(I)c1)C(=O)Nc1cccc(Cl)c1. The third-order valence-electron chi connectivity index (χ3n) is 4.02. The van der Waals surface area contributed by atoms with Crippen LogP contribution in [0.1, 0.15) is 11.1 Å². The number of carbonyl (C=O) groups excluding carboxylic acids is 1. The highest BCUT2D eigenvalue weighted by molar-refractivity contribution is 14.1. The highest BCUT2D eigenvalue weighted by Crippen LogP contribution is 2.25. The van der Waals surface area contributed by atoms with Crippen LogP contribution < -0.4 is 10.1 Å². The van der Waals surface area contributed by atoms with E-state index >= 15 is 0 Å². The Morgan fingerprint density at radius 2 is 1.93 bits per heavy atom. The van der Waals surface area contributed by atoms with Crippen LogP contribution in [-0.2, 0) is 11.4 Å². The summed E-state index contributed by atoms with van der Waals surface area (Å²) in [7, 11) is 0. The summed E-state index contributed by atoms with van der Waals surface area (Å²) in [5.74, 6) is 0.239. The van der Waals surface area contributed by atoms with Gasteiger partial charge in [0.1, 0.15) is 24.0 Å². The van der Waals surface area contributed by atoms with Crippen LogP contribution in [0.3, 0.4) is 0 Å². The number of nitrogens with zero attached hydrogens (tertiary/aromatic N) is 1. The fourth-order valence-electron chi connectivity index (χ4n) is 2.55. The Bertz CT molecular complexity index is 1140. The molecule has 30 heavy (non-hydrogen) atoms. The molecule has 0 saturated carbocycles. The fourth-order valence-corrected chi connectivity index (χ4v) is 3.70. The largest absolute Gasteiger partial charge is 0.488 e. The van der Waals surface area contributed by atoms with Crippen molar-refractivity contribution in [2.24, 2.45) is 0 Å². The van der Waals surface area contributed by atoms with E-state index in [1.54, 1.807) is 30.3 Å². The third-order valence-corrected chi connectivity index (χ3v) is 5.63. The summed E-state index contributed by atoms with van der Waals surface area (Å²) in [6.45, 7) is 0.448. The molecule has 0 saturated heterocycles. The van der Waals surface area contributed by atoms with Crippen molar-refractivity contribution in [3.05, 3.63) is 96.5 Å². The molecule has 0 heterocycles. The van der Waals surface area contributed by atoms with Crippen LogP contribution in [0.25, 0.3) is 6.08 Å². The quantitative estimate of drug-likeness (QED) is 0.194. The zero-order chi connectivity index (χ0) is 21.5. The van der Waals surface area contributed by atoms with Gasteiger partial charge in [-0.3, -0.25) is 4.79 Å². The van der Waals surface area contributed by atoms with E-state index in [1.165, 1.54) is 0 Å². The lowest BCUT2D eigenvalue weighted by Crippen LogP contribution is -2.13. The lowest BCUT2D eigenvalue weighted by atomic mass is 10.1. The predicted molar refractivity (Wildman–Crippen MR) is 131 cm³/mol. The molecule has 0 aliphatic carbocycles. The molecular weight excluding hydrogens is 579 g/mol. The topological polar surface area (TPSA) is 62.1 Å².